The number of sulfonamides is 1. The molecular formula is C25H27N3O6S. The number of hydrogen-bond acceptors (Lipinski definition) is 7. The number of aryl methyl sites for hydroxylation is 1. The van der Waals surface area contributed by atoms with E-state index < -0.39 is 28.4 Å². The Morgan fingerprint density at radius 3 is 2.43 bits per heavy atom. The first-order valence-corrected chi connectivity index (χ1v) is 12.8. The number of nitrogens with zero attached hydrogens (tertiary/aromatic N) is 2. The number of carbonyl (C=O) groups is 2. The molecule has 9 nitrogen and oxygen atoms in total. The standard InChI is InChI=1S/C25H27N3O6S/c1-4-18-8-6-7-9-22(18)28(35(3,31)32)17-24(29)27-26-16-21-14-15-23(34-21)19-10-12-20(13-11-19)25(30)33-5-2/h6-16H,4-5,17H2,1-3H3,(H,27,29)/b26-16-. The lowest BCUT2D eigenvalue weighted by Gasteiger charge is -2.23. The van der Waals surface area contributed by atoms with Crippen LogP contribution in [0.2, 0.25) is 0 Å². The van der Waals surface area contributed by atoms with Gasteiger partial charge >= 0.3 is 5.97 Å². The summed E-state index contributed by atoms with van der Waals surface area (Å²) in [5.74, 6) is -0.0627. The molecule has 0 atom stereocenters. The smallest absolute Gasteiger partial charge is 0.338 e. The second-order valence-corrected chi connectivity index (χ2v) is 9.45. The number of hydrogen-bond donors (Lipinski definition) is 1. The van der Waals surface area contributed by atoms with E-state index in [1.165, 1.54) is 6.21 Å². The van der Waals surface area contributed by atoms with E-state index in [9.17, 15) is 18.0 Å². The van der Waals surface area contributed by atoms with Gasteiger partial charge in [0.25, 0.3) is 5.91 Å². The summed E-state index contributed by atoms with van der Waals surface area (Å²) in [7, 11) is -3.69. The van der Waals surface area contributed by atoms with Gasteiger partial charge in [-0.15, -0.1) is 0 Å². The van der Waals surface area contributed by atoms with Crippen LogP contribution in [-0.4, -0.2) is 45.9 Å². The second kappa shape index (κ2) is 11.5. The van der Waals surface area contributed by atoms with Gasteiger partial charge in [-0.2, -0.15) is 5.10 Å². The molecule has 0 spiro atoms. The predicted octanol–water partition coefficient (Wildman–Crippen LogP) is 3.60. The van der Waals surface area contributed by atoms with Crippen LogP contribution < -0.4 is 9.73 Å². The fourth-order valence-electron chi connectivity index (χ4n) is 3.33. The summed E-state index contributed by atoms with van der Waals surface area (Å²) in [6.45, 7) is 3.55. The summed E-state index contributed by atoms with van der Waals surface area (Å²) in [6, 6.07) is 17.2. The lowest BCUT2D eigenvalue weighted by molar-refractivity contribution is -0.119. The molecule has 184 valence electrons. The highest BCUT2D eigenvalue weighted by Crippen LogP contribution is 2.24. The summed E-state index contributed by atoms with van der Waals surface area (Å²) in [6.07, 6.45) is 2.99. The molecule has 1 heterocycles. The number of rotatable bonds is 10. The van der Waals surface area contributed by atoms with Crippen molar-refractivity contribution in [3.63, 3.8) is 0 Å². The minimum atomic E-state index is -3.69. The number of benzene rings is 2. The zero-order chi connectivity index (χ0) is 25.4. The molecule has 3 aromatic rings. The first-order valence-electron chi connectivity index (χ1n) is 11.0. The Bertz CT molecular complexity index is 1310. The van der Waals surface area contributed by atoms with Crippen LogP contribution in [0.15, 0.2) is 70.2 Å². The number of hydrazone groups is 1. The van der Waals surface area contributed by atoms with Crippen molar-refractivity contribution in [1.29, 1.82) is 0 Å². The van der Waals surface area contributed by atoms with Crippen LogP contribution >= 0.6 is 0 Å². The molecular weight excluding hydrogens is 470 g/mol. The van der Waals surface area contributed by atoms with Gasteiger partial charge in [0.2, 0.25) is 10.0 Å². The molecule has 0 fully saturated rings. The van der Waals surface area contributed by atoms with Gasteiger partial charge in [-0.05, 0) is 49.2 Å². The molecule has 1 amide bonds. The predicted molar refractivity (Wildman–Crippen MR) is 134 cm³/mol. The maximum absolute atomic E-state index is 12.4. The van der Waals surface area contributed by atoms with E-state index in [1.54, 1.807) is 55.5 Å². The van der Waals surface area contributed by atoms with Crippen LogP contribution in [0.3, 0.4) is 0 Å². The van der Waals surface area contributed by atoms with Crippen molar-refractivity contribution in [2.75, 3.05) is 23.7 Å². The second-order valence-electron chi connectivity index (χ2n) is 7.54. The highest BCUT2D eigenvalue weighted by Gasteiger charge is 2.22. The Labute approximate surface area is 204 Å². The van der Waals surface area contributed by atoms with E-state index in [0.717, 1.165) is 21.7 Å². The van der Waals surface area contributed by atoms with Crippen molar-refractivity contribution < 1.29 is 27.2 Å². The quantitative estimate of drug-likeness (QED) is 0.260. The molecule has 0 aliphatic carbocycles. The van der Waals surface area contributed by atoms with Crippen LogP contribution in [0.4, 0.5) is 5.69 Å². The van der Waals surface area contributed by atoms with Crippen molar-refractivity contribution in [2.24, 2.45) is 5.10 Å². The van der Waals surface area contributed by atoms with Crippen molar-refractivity contribution >= 4 is 33.8 Å². The Kier molecular flexibility index (Phi) is 8.43. The third-order valence-corrected chi connectivity index (χ3v) is 6.14. The van der Waals surface area contributed by atoms with E-state index in [0.29, 0.717) is 35.8 Å². The highest BCUT2D eigenvalue weighted by molar-refractivity contribution is 7.92. The minimum absolute atomic E-state index is 0.302. The molecule has 0 unspecified atom stereocenters. The fraction of sp³-hybridized carbons (Fsp3) is 0.240. The number of ether oxygens (including phenoxy) is 1. The van der Waals surface area contributed by atoms with Crippen LogP contribution in [-0.2, 0) is 26.0 Å². The van der Waals surface area contributed by atoms with E-state index in [-0.39, 0.29) is 0 Å². The monoisotopic (exact) mass is 497 g/mol. The van der Waals surface area contributed by atoms with E-state index >= 15 is 0 Å². The highest BCUT2D eigenvalue weighted by atomic mass is 32.2. The third-order valence-electron chi connectivity index (χ3n) is 5.02. The Hall–Kier alpha value is -3.92. The van der Waals surface area contributed by atoms with Gasteiger partial charge in [0.05, 0.1) is 30.3 Å². The number of para-hydroxylation sites is 1. The van der Waals surface area contributed by atoms with Crippen LogP contribution in [0.1, 0.15) is 35.5 Å². The van der Waals surface area contributed by atoms with Crippen LogP contribution in [0, 0.1) is 0 Å². The molecule has 1 N–H and O–H groups in total. The van der Waals surface area contributed by atoms with Gasteiger partial charge in [-0.1, -0.05) is 37.3 Å². The van der Waals surface area contributed by atoms with Gasteiger partial charge in [-0.3, -0.25) is 9.10 Å². The molecule has 0 saturated heterocycles. The number of amides is 1. The summed E-state index contributed by atoms with van der Waals surface area (Å²) >= 11 is 0. The zero-order valence-electron chi connectivity index (χ0n) is 19.7. The minimum Gasteiger partial charge on any atom is -0.462 e. The van der Waals surface area contributed by atoms with Crippen molar-refractivity contribution in [3.8, 4) is 11.3 Å². The third kappa shape index (κ3) is 6.80. The van der Waals surface area contributed by atoms with E-state index in [1.807, 2.05) is 19.1 Å². The summed E-state index contributed by atoms with van der Waals surface area (Å²) < 4.78 is 36.4. The number of esters is 1. The zero-order valence-corrected chi connectivity index (χ0v) is 20.5. The van der Waals surface area contributed by atoms with Crippen molar-refractivity contribution in [2.45, 2.75) is 20.3 Å². The first kappa shape index (κ1) is 25.7. The molecule has 0 aliphatic heterocycles. The Morgan fingerprint density at radius 1 is 1.06 bits per heavy atom. The van der Waals surface area contributed by atoms with Crippen LogP contribution in [0.25, 0.3) is 11.3 Å². The summed E-state index contributed by atoms with van der Waals surface area (Å²) in [4.78, 5) is 24.2. The molecule has 0 radical (unpaired) electrons. The number of furan rings is 1. The molecule has 10 heteroatoms. The van der Waals surface area contributed by atoms with Gasteiger partial charge in [0.15, 0.2) is 0 Å². The lowest BCUT2D eigenvalue weighted by Crippen LogP contribution is -2.39. The van der Waals surface area contributed by atoms with Crippen molar-refractivity contribution in [3.05, 3.63) is 77.6 Å². The van der Waals surface area contributed by atoms with Crippen LogP contribution in [0.5, 0.6) is 0 Å². The molecule has 1 aromatic heterocycles. The molecule has 3 rings (SSSR count). The number of carbonyl (C=O) groups excluding carboxylic acids is 2. The van der Waals surface area contributed by atoms with E-state index in [2.05, 4.69) is 10.5 Å². The number of nitrogens with one attached hydrogen (secondary N) is 1. The first-order chi connectivity index (χ1) is 16.7. The lowest BCUT2D eigenvalue weighted by atomic mass is 10.1. The number of anilines is 1. The largest absolute Gasteiger partial charge is 0.462 e. The maximum Gasteiger partial charge on any atom is 0.338 e. The molecule has 0 aliphatic rings. The average molecular weight is 498 g/mol. The molecule has 35 heavy (non-hydrogen) atoms. The van der Waals surface area contributed by atoms with E-state index in [4.69, 9.17) is 9.15 Å². The molecule has 0 saturated carbocycles. The fourth-order valence-corrected chi connectivity index (χ4v) is 4.22. The average Bonchev–Trinajstić information content (AvgIpc) is 3.31. The Morgan fingerprint density at radius 2 is 1.77 bits per heavy atom. The Balaban J connectivity index is 1.64. The summed E-state index contributed by atoms with van der Waals surface area (Å²) in [5.41, 5.74) is 4.80. The van der Waals surface area contributed by atoms with Crippen molar-refractivity contribution in [1.82, 2.24) is 5.43 Å². The SMILES string of the molecule is CCOC(=O)c1ccc(-c2ccc(/C=N\NC(=O)CN(c3ccccc3CC)S(C)(=O)=O)o2)cc1. The van der Waals surface area contributed by atoms with Gasteiger partial charge < -0.3 is 9.15 Å². The van der Waals surface area contributed by atoms with Gasteiger partial charge in [0, 0.05) is 5.56 Å². The van der Waals surface area contributed by atoms with Gasteiger partial charge in [-0.25, -0.2) is 18.6 Å². The van der Waals surface area contributed by atoms with Gasteiger partial charge in [0.1, 0.15) is 18.1 Å². The topological polar surface area (TPSA) is 118 Å². The molecule has 0 bridgehead atoms. The maximum atomic E-state index is 12.4. The normalized spacial score (nSPS) is 11.4. The summed E-state index contributed by atoms with van der Waals surface area (Å²) in [5, 5.41) is 3.88. The molecule has 2 aromatic carbocycles.